The van der Waals surface area contributed by atoms with Crippen LogP contribution in [0.15, 0.2) is 30.5 Å². The minimum Gasteiger partial charge on any atom is -0.508 e. The molecule has 0 atom stereocenters. The van der Waals surface area contributed by atoms with Crippen LogP contribution in [0, 0.1) is 12.3 Å². The van der Waals surface area contributed by atoms with Gasteiger partial charge in [0.2, 0.25) is 0 Å². The highest BCUT2D eigenvalue weighted by Gasteiger charge is 2.01. The molecule has 2 rings (SSSR count). The first-order valence-electron chi connectivity index (χ1n) is 7.00. The first kappa shape index (κ1) is 18.5. The van der Waals surface area contributed by atoms with Crippen LogP contribution >= 0.6 is 23.2 Å². The number of aryl methyl sites for hydroxylation is 2. The van der Waals surface area contributed by atoms with Crippen LogP contribution in [-0.4, -0.2) is 15.8 Å². The number of hydrogen-bond acceptors (Lipinski definition) is 3. The summed E-state index contributed by atoms with van der Waals surface area (Å²) in [5, 5.41) is 17.8. The summed E-state index contributed by atoms with van der Waals surface area (Å²) >= 11 is 11.4. The van der Waals surface area contributed by atoms with Crippen molar-refractivity contribution in [1.82, 2.24) is 4.98 Å². The Morgan fingerprint density at radius 2 is 1.95 bits per heavy atom. The maximum absolute atomic E-state index is 9.31. The number of pyridine rings is 1. The first-order chi connectivity index (χ1) is 10.3. The zero-order valence-corrected chi connectivity index (χ0v) is 14.5. The first-order valence-corrected chi connectivity index (χ1v) is 7.75. The molecule has 22 heavy (non-hydrogen) atoms. The van der Waals surface area contributed by atoms with Crippen molar-refractivity contribution in [2.45, 2.75) is 33.6 Å². The fraction of sp³-hybridized carbons (Fsp3) is 0.294. The van der Waals surface area contributed by atoms with E-state index in [-0.39, 0.29) is 0 Å². The quantitative estimate of drug-likeness (QED) is 0.579. The zero-order valence-electron chi connectivity index (χ0n) is 13.0. The Morgan fingerprint density at radius 1 is 1.27 bits per heavy atom. The number of aromatic nitrogens is 1. The summed E-state index contributed by atoms with van der Waals surface area (Å²) in [5.41, 5.74) is 3.30. The average Bonchev–Trinajstić information content (AvgIpc) is 2.43. The third kappa shape index (κ3) is 5.66. The molecule has 2 N–H and O–H groups in total. The summed E-state index contributed by atoms with van der Waals surface area (Å²) in [7, 11) is 0. The lowest BCUT2D eigenvalue weighted by Gasteiger charge is -2.01. The molecule has 2 aromatic rings. The Morgan fingerprint density at radius 3 is 2.50 bits per heavy atom. The Hall–Kier alpha value is -1.58. The van der Waals surface area contributed by atoms with Crippen molar-refractivity contribution in [2.24, 2.45) is 0 Å². The molecule has 0 fully saturated rings. The highest BCUT2D eigenvalue weighted by atomic mass is 35.5. The summed E-state index contributed by atoms with van der Waals surface area (Å²) in [6.07, 6.45) is 3.53. The lowest BCUT2D eigenvalue weighted by Crippen LogP contribution is -1.96. The van der Waals surface area contributed by atoms with Crippen LogP contribution in [0.4, 0.5) is 0 Å². The predicted octanol–water partition coefficient (Wildman–Crippen LogP) is 5.43. The van der Waals surface area contributed by atoms with Crippen molar-refractivity contribution in [3.63, 3.8) is 0 Å². The maximum atomic E-state index is 9.31. The van der Waals surface area contributed by atoms with E-state index in [2.05, 4.69) is 11.9 Å². The van der Waals surface area contributed by atoms with Gasteiger partial charge in [-0.2, -0.15) is 0 Å². The number of rotatable bonds is 3. The molecule has 0 radical (unpaired) electrons. The molecule has 0 aliphatic rings. The minimum absolute atomic E-state index is 0.344. The summed E-state index contributed by atoms with van der Waals surface area (Å²) in [6, 6.07) is 6.89. The third-order valence-electron chi connectivity index (χ3n) is 3.04. The SMILES string of the molecule is CC(=N)c1cnc(Cl)cc1C.CCCc1cc(Cl)ccc1O. The van der Waals surface area contributed by atoms with Crippen molar-refractivity contribution >= 4 is 28.9 Å². The molecule has 3 nitrogen and oxygen atoms in total. The predicted molar refractivity (Wildman–Crippen MR) is 93.6 cm³/mol. The normalized spacial score (nSPS) is 9.86. The van der Waals surface area contributed by atoms with E-state index in [1.807, 2.05) is 6.92 Å². The lowest BCUT2D eigenvalue weighted by atomic mass is 10.1. The number of hydrogen-bond donors (Lipinski definition) is 2. The van der Waals surface area contributed by atoms with Crippen LogP contribution in [0.2, 0.25) is 10.2 Å². The van der Waals surface area contributed by atoms with Crippen LogP contribution in [0.1, 0.15) is 37.0 Å². The van der Waals surface area contributed by atoms with Gasteiger partial charge in [-0.3, -0.25) is 0 Å². The molecule has 1 heterocycles. The summed E-state index contributed by atoms with van der Waals surface area (Å²) in [5.74, 6) is 0.344. The number of nitrogens with one attached hydrogen (secondary N) is 1. The molecular weight excluding hydrogens is 319 g/mol. The average molecular weight is 339 g/mol. The fourth-order valence-electron chi connectivity index (χ4n) is 1.94. The smallest absolute Gasteiger partial charge is 0.129 e. The van der Waals surface area contributed by atoms with E-state index in [1.54, 1.807) is 37.4 Å². The number of halogens is 2. The van der Waals surface area contributed by atoms with E-state index in [0.717, 1.165) is 29.5 Å². The van der Waals surface area contributed by atoms with E-state index in [4.69, 9.17) is 28.6 Å². The molecule has 0 amide bonds. The molecular formula is C17H20Cl2N2O. The van der Waals surface area contributed by atoms with Crippen LogP contribution in [0.25, 0.3) is 0 Å². The van der Waals surface area contributed by atoms with Crippen molar-refractivity contribution in [3.8, 4) is 5.75 Å². The molecule has 0 aliphatic heterocycles. The van der Waals surface area contributed by atoms with Gasteiger partial charge in [-0.1, -0.05) is 36.5 Å². The highest BCUT2D eigenvalue weighted by Crippen LogP contribution is 2.22. The summed E-state index contributed by atoms with van der Waals surface area (Å²) < 4.78 is 0. The molecule has 0 spiro atoms. The number of aromatic hydroxyl groups is 1. The second-order valence-electron chi connectivity index (χ2n) is 4.97. The molecule has 0 saturated heterocycles. The van der Waals surface area contributed by atoms with E-state index < -0.39 is 0 Å². The van der Waals surface area contributed by atoms with Crippen LogP contribution in [-0.2, 0) is 6.42 Å². The van der Waals surface area contributed by atoms with Gasteiger partial charge in [0.15, 0.2) is 0 Å². The zero-order chi connectivity index (χ0) is 16.7. The standard InChI is InChI=1S/C9H11ClO.C8H9ClN2/c1-2-3-7-6-8(10)4-5-9(7)11;1-5-3-8(9)11-4-7(5)6(2)10/h4-6,11H,2-3H2,1H3;3-4,10H,1-2H3. The van der Waals surface area contributed by atoms with E-state index >= 15 is 0 Å². The molecule has 0 bridgehead atoms. The monoisotopic (exact) mass is 338 g/mol. The maximum Gasteiger partial charge on any atom is 0.129 e. The van der Waals surface area contributed by atoms with Crippen LogP contribution in [0.5, 0.6) is 5.75 Å². The second kappa shape index (κ2) is 8.76. The van der Waals surface area contributed by atoms with Crippen molar-refractivity contribution in [2.75, 3.05) is 0 Å². The highest BCUT2D eigenvalue weighted by molar-refractivity contribution is 6.30. The minimum atomic E-state index is 0.344. The van der Waals surface area contributed by atoms with E-state index in [9.17, 15) is 5.11 Å². The molecule has 0 aliphatic carbocycles. The van der Waals surface area contributed by atoms with Crippen LogP contribution in [0.3, 0.4) is 0 Å². The van der Waals surface area contributed by atoms with E-state index in [1.165, 1.54) is 0 Å². The van der Waals surface area contributed by atoms with Gasteiger partial charge in [0.25, 0.3) is 0 Å². The van der Waals surface area contributed by atoms with Gasteiger partial charge in [-0.05, 0) is 55.7 Å². The Bertz CT molecular complexity index is 657. The van der Waals surface area contributed by atoms with E-state index in [0.29, 0.717) is 21.6 Å². The molecule has 1 aromatic carbocycles. The number of phenols is 1. The Kier molecular flexibility index (Phi) is 7.36. The Balaban J connectivity index is 0.000000220. The molecule has 1 aromatic heterocycles. The molecule has 118 valence electrons. The summed E-state index contributed by atoms with van der Waals surface area (Å²) in [6.45, 7) is 5.72. The second-order valence-corrected chi connectivity index (χ2v) is 5.79. The Labute approximate surface area is 141 Å². The van der Waals surface area contributed by atoms with Gasteiger partial charge in [0, 0.05) is 22.5 Å². The lowest BCUT2D eigenvalue weighted by molar-refractivity contribution is 0.467. The largest absolute Gasteiger partial charge is 0.508 e. The summed E-state index contributed by atoms with van der Waals surface area (Å²) in [4.78, 5) is 3.89. The van der Waals surface area contributed by atoms with Crippen molar-refractivity contribution < 1.29 is 5.11 Å². The van der Waals surface area contributed by atoms with Gasteiger partial charge in [-0.25, -0.2) is 4.98 Å². The van der Waals surface area contributed by atoms with Gasteiger partial charge in [-0.15, -0.1) is 0 Å². The molecule has 0 saturated carbocycles. The number of nitrogens with zero attached hydrogens (tertiary/aromatic N) is 1. The van der Waals surface area contributed by atoms with Gasteiger partial charge < -0.3 is 10.5 Å². The number of phenolic OH excluding ortho intramolecular Hbond substituents is 1. The van der Waals surface area contributed by atoms with Crippen molar-refractivity contribution in [1.29, 1.82) is 5.41 Å². The fourth-order valence-corrected chi connectivity index (χ4v) is 2.35. The molecule has 0 unspecified atom stereocenters. The van der Waals surface area contributed by atoms with Crippen LogP contribution < -0.4 is 0 Å². The van der Waals surface area contributed by atoms with Gasteiger partial charge >= 0.3 is 0 Å². The van der Waals surface area contributed by atoms with Crippen molar-refractivity contribution in [3.05, 3.63) is 57.3 Å². The molecule has 5 heteroatoms. The van der Waals surface area contributed by atoms with Gasteiger partial charge in [0.1, 0.15) is 10.9 Å². The topological polar surface area (TPSA) is 57.0 Å². The third-order valence-corrected chi connectivity index (χ3v) is 3.48. The number of benzene rings is 1. The van der Waals surface area contributed by atoms with Gasteiger partial charge in [0.05, 0.1) is 0 Å².